The average molecular weight is 261 g/mol. The molecule has 0 aromatic carbocycles. The first-order chi connectivity index (χ1) is 8.38. The lowest BCUT2D eigenvalue weighted by Crippen LogP contribution is -2.22. The first-order valence-corrected chi connectivity index (χ1v) is 5.98. The topological polar surface area (TPSA) is 46.9 Å². The summed E-state index contributed by atoms with van der Waals surface area (Å²) < 4.78 is 25.5. The van der Waals surface area contributed by atoms with Crippen LogP contribution in [0.15, 0.2) is 6.07 Å². The number of nitrogens with zero attached hydrogens (tertiary/aromatic N) is 2. The molecule has 1 rings (SSSR count). The van der Waals surface area contributed by atoms with E-state index in [0.717, 1.165) is 0 Å². The molecule has 0 bridgehead atoms. The van der Waals surface area contributed by atoms with Crippen molar-refractivity contribution in [1.82, 2.24) is 15.1 Å². The number of carbonyl (C=O) groups is 1. The van der Waals surface area contributed by atoms with E-state index in [1.54, 1.807) is 0 Å². The molecule has 0 saturated carbocycles. The highest BCUT2D eigenvalue weighted by Gasteiger charge is 2.20. The highest BCUT2D eigenvalue weighted by atomic mass is 19.3. The van der Waals surface area contributed by atoms with Crippen LogP contribution in [0.2, 0.25) is 0 Å². The minimum atomic E-state index is -2.80. The summed E-state index contributed by atoms with van der Waals surface area (Å²) in [6, 6.07) is 1.38. The lowest BCUT2D eigenvalue weighted by molar-refractivity contribution is 0.0507. The molecule has 18 heavy (non-hydrogen) atoms. The van der Waals surface area contributed by atoms with Crippen molar-refractivity contribution in [3.05, 3.63) is 17.5 Å². The highest BCUT2D eigenvalue weighted by molar-refractivity contribution is 5.92. The average Bonchev–Trinajstić information content (AvgIpc) is 2.74. The largest absolute Gasteiger partial charge is 0.354 e. The standard InChI is InChI=1S/C9H13F2N3O.C3H8/c1-5(2)6-4-7(8(15)12-3)14(13-6)9(10)11;1-3-2/h4-5,9H,1-3H3,(H,12,15);3H2,1-2H3. The number of rotatable bonds is 3. The van der Waals surface area contributed by atoms with Crippen LogP contribution in [0.25, 0.3) is 0 Å². The van der Waals surface area contributed by atoms with Crippen LogP contribution in [0.4, 0.5) is 8.78 Å². The van der Waals surface area contributed by atoms with Gasteiger partial charge in [0.05, 0.1) is 5.69 Å². The van der Waals surface area contributed by atoms with Gasteiger partial charge in [-0.1, -0.05) is 34.1 Å². The molecule has 0 fully saturated rings. The van der Waals surface area contributed by atoms with Gasteiger partial charge >= 0.3 is 6.55 Å². The fourth-order valence-corrected chi connectivity index (χ4v) is 1.14. The molecule has 1 N–H and O–H groups in total. The predicted octanol–water partition coefficient (Wildman–Crippen LogP) is 3.18. The van der Waals surface area contributed by atoms with E-state index in [9.17, 15) is 13.6 Å². The molecular weight excluding hydrogens is 240 g/mol. The first-order valence-electron chi connectivity index (χ1n) is 5.98. The Morgan fingerprint density at radius 2 is 1.94 bits per heavy atom. The maximum atomic E-state index is 12.5. The number of nitrogens with one attached hydrogen (secondary N) is 1. The lowest BCUT2D eigenvalue weighted by atomic mass is 10.1. The Hall–Kier alpha value is -1.46. The number of halogens is 2. The molecule has 0 aliphatic carbocycles. The SMILES string of the molecule is CCC.CNC(=O)c1cc(C(C)C)nn1C(F)F. The van der Waals surface area contributed by atoms with Crippen molar-refractivity contribution < 1.29 is 13.6 Å². The number of hydrogen-bond donors (Lipinski definition) is 1. The van der Waals surface area contributed by atoms with Crippen molar-refractivity contribution >= 4 is 5.91 Å². The molecular formula is C12H21F2N3O. The van der Waals surface area contributed by atoms with Gasteiger partial charge in [0.25, 0.3) is 5.91 Å². The van der Waals surface area contributed by atoms with E-state index >= 15 is 0 Å². The summed E-state index contributed by atoms with van der Waals surface area (Å²) in [4.78, 5) is 11.3. The Kier molecular flexibility index (Phi) is 7.16. The van der Waals surface area contributed by atoms with Crippen molar-refractivity contribution in [2.24, 2.45) is 0 Å². The van der Waals surface area contributed by atoms with Crippen molar-refractivity contribution in [1.29, 1.82) is 0 Å². The summed E-state index contributed by atoms with van der Waals surface area (Å²) in [7, 11) is 1.39. The van der Waals surface area contributed by atoms with Crippen molar-refractivity contribution in [2.45, 2.75) is 46.6 Å². The zero-order valence-corrected chi connectivity index (χ0v) is 11.5. The summed E-state index contributed by atoms with van der Waals surface area (Å²) in [5.41, 5.74) is 0.366. The number of aromatic nitrogens is 2. The van der Waals surface area contributed by atoms with Crippen LogP contribution in [0.3, 0.4) is 0 Å². The highest BCUT2D eigenvalue weighted by Crippen LogP contribution is 2.19. The van der Waals surface area contributed by atoms with E-state index in [1.807, 2.05) is 13.8 Å². The minimum absolute atomic E-state index is 0.00778. The summed E-state index contributed by atoms with van der Waals surface area (Å²) >= 11 is 0. The van der Waals surface area contributed by atoms with Crippen LogP contribution < -0.4 is 5.32 Å². The second-order valence-corrected chi connectivity index (χ2v) is 4.12. The molecule has 0 atom stereocenters. The molecule has 1 aromatic rings. The van der Waals surface area contributed by atoms with Crippen LogP contribution in [0, 0.1) is 0 Å². The molecule has 0 unspecified atom stereocenters. The molecule has 0 saturated heterocycles. The Morgan fingerprint density at radius 3 is 2.28 bits per heavy atom. The van der Waals surface area contributed by atoms with Gasteiger partial charge in [-0.3, -0.25) is 4.79 Å². The third kappa shape index (κ3) is 4.43. The smallest absolute Gasteiger partial charge is 0.333 e. The number of amides is 1. The molecule has 6 heteroatoms. The molecule has 1 amide bonds. The minimum Gasteiger partial charge on any atom is -0.354 e. The van der Waals surface area contributed by atoms with Crippen LogP contribution in [-0.2, 0) is 0 Å². The zero-order chi connectivity index (χ0) is 14.3. The second kappa shape index (κ2) is 7.79. The van der Waals surface area contributed by atoms with Crippen molar-refractivity contribution in [3.63, 3.8) is 0 Å². The molecule has 0 spiro atoms. The van der Waals surface area contributed by atoms with E-state index < -0.39 is 12.5 Å². The van der Waals surface area contributed by atoms with Gasteiger partial charge in [0.1, 0.15) is 5.69 Å². The number of carbonyl (C=O) groups excluding carboxylic acids is 1. The van der Waals surface area contributed by atoms with Crippen molar-refractivity contribution in [3.8, 4) is 0 Å². The van der Waals surface area contributed by atoms with Crippen molar-refractivity contribution in [2.75, 3.05) is 7.05 Å². The summed E-state index contributed by atoms with van der Waals surface area (Å²) in [6.45, 7) is 5.10. The molecule has 104 valence electrons. The Morgan fingerprint density at radius 1 is 1.44 bits per heavy atom. The van der Waals surface area contributed by atoms with Gasteiger partial charge in [0.2, 0.25) is 0 Å². The fourth-order valence-electron chi connectivity index (χ4n) is 1.14. The molecule has 0 radical (unpaired) electrons. The molecule has 1 heterocycles. The van der Waals surface area contributed by atoms with Gasteiger partial charge in [-0.2, -0.15) is 18.6 Å². The van der Waals surface area contributed by atoms with E-state index in [1.165, 1.54) is 19.5 Å². The van der Waals surface area contributed by atoms with Gasteiger partial charge < -0.3 is 5.32 Å². The van der Waals surface area contributed by atoms with Gasteiger partial charge in [-0.15, -0.1) is 0 Å². The van der Waals surface area contributed by atoms with Gasteiger partial charge in [-0.25, -0.2) is 0 Å². The van der Waals surface area contributed by atoms with Crippen LogP contribution in [0.1, 0.15) is 62.8 Å². The maximum Gasteiger partial charge on any atom is 0.333 e. The Bertz CT molecular complexity index is 375. The van der Waals surface area contributed by atoms with Crippen LogP contribution in [-0.4, -0.2) is 22.7 Å². The Labute approximate surface area is 106 Å². The van der Waals surface area contributed by atoms with E-state index in [2.05, 4.69) is 24.3 Å². The second-order valence-electron chi connectivity index (χ2n) is 4.12. The maximum absolute atomic E-state index is 12.5. The van der Waals surface area contributed by atoms with E-state index in [0.29, 0.717) is 10.4 Å². The molecule has 0 aliphatic heterocycles. The van der Waals surface area contributed by atoms with Crippen LogP contribution in [0.5, 0.6) is 0 Å². The van der Waals surface area contributed by atoms with Gasteiger partial charge in [0.15, 0.2) is 0 Å². The fraction of sp³-hybridized carbons (Fsp3) is 0.667. The Balaban J connectivity index is 0.000000873. The third-order valence-electron chi connectivity index (χ3n) is 1.99. The van der Waals surface area contributed by atoms with E-state index in [-0.39, 0.29) is 11.6 Å². The monoisotopic (exact) mass is 261 g/mol. The third-order valence-corrected chi connectivity index (χ3v) is 1.99. The molecule has 1 aromatic heterocycles. The number of hydrogen-bond acceptors (Lipinski definition) is 2. The summed E-state index contributed by atoms with van der Waals surface area (Å²) in [6.07, 6.45) is 1.25. The molecule has 4 nitrogen and oxygen atoms in total. The van der Waals surface area contributed by atoms with E-state index in [4.69, 9.17) is 0 Å². The van der Waals surface area contributed by atoms with Crippen LogP contribution >= 0.6 is 0 Å². The zero-order valence-electron chi connectivity index (χ0n) is 11.5. The lowest BCUT2D eigenvalue weighted by Gasteiger charge is -2.03. The first kappa shape index (κ1) is 16.5. The summed E-state index contributed by atoms with van der Waals surface area (Å²) in [5.74, 6) is -0.553. The van der Waals surface area contributed by atoms with Gasteiger partial charge in [-0.05, 0) is 12.0 Å². The predicted molar refractivity (Wildman–Crippen MR) is 66.9 cm³/mol. The number of alkyl halides is 2. The quantitative estimate of drug-likeness (QED) is 0.908. The van der Waals surface area contributed by atoms with Gasteiger partial charge in [0, 0.05) is 7.05 Å². The summed E-state index contributed by atoms with van der Waals surface area (Å²) in [5, 5.41) is 5.98. The normalized spacial score (nSPS) is 10.3. The molecule has 0 aliphatic rings.